The minimum atomic E-state index is -0.197. The van der Waals surface area contributed by atoms with Crippen molar-refractivity contribution >= 4 is 28.8 Å². The predicted molar refractivity (Wildman–Crippen MR) is 119 cm³/mol. The molecule has 0 radical (unpaired) electrons. The molecule has 0 aliphatic heterocycles. The van der Waals surface area contributed by atoms with Crippen molar-refractivity contribution in [2.24, 2.45) is 0 Å². The molecule has 0 fully saturated rings. The zero-order valence-electron chi connectivity index (χ0n) is 15.9. The van der Waals surface area contributed by atoms with Crippen LogP contribution < -0.4 is 10.1 Å². The maximum absolute atomic E-state index is 12.3. The van der Waals surface area contributed by atoms with E-state index in [2.05, 4.69) is 15.3 Å². The molecule has 2 aromatic heterocycles. The summed E-state index contributed by atoms with van der Waals surface area (Å²) in [4.78, 5) is 20.8. The van der Waals surface area contributed by atoms with Crippen molar-refractivity contribution in [3.63, 3.8) is 0 Å². The molecular formula is C23H18ClN3O2S. The first-order valence-electron chi connectivity index (χ1n) is 9.28. The number of nitrogens with zero attached hydrogens (tertiary/aromatic N) is 2. The summed E-state index contributed by atoms with van der Waals surface area (Å²) in [5.41, 5.74) is 3.38. The van der Waals surface area contributed by atoms with E-state index in [-0.39, 0.29) is 5.91 Å². The number of ether oxygens (including phenoxy) is 1. The van der Waals surface area contributed by atoms with Crippen molar-refractivity contribution in [1.82, 2.24) is 15.3 Å². The van der Waals surface area contributed by atoms with Crippen molar-refractivity contribution in [3.05, 3.63) is 100 Å². The zero-order valence-corrected chi connectivity index (χ0v) is 17.5. The third kappa shape index (κ3) is 5.23. The second kappa shape index (κ2) is 9.52. The maximum Gasteiger partial charge on any atom is 0.271 e. The molecule has 1 amide bonds. The number of rotatable bonds is 7. The van der Waals surface area contributed by atoms with Crippen LogP contribution in [0.15, 0.2) is 78.4 Å². The number of aromatic nitrogens is 2. The summed E-state index contributed by atoms with van der Waals surface area (Å²) in [6.45, 7) is 0.906. The topological polar surface area (TPSA) is 64.1 Å². The summed E-state index contributed by atoms with van der Waals surface area (Å²) in [6.07, 6.45) is 3.40. The third-order valence-corrected chi connectivity index (χ3v) is 5.50. The number of amides is 1. The van der Waals surface area contributed by atoms with Crippen LogP contribution in [0.3, 0.4) is 0 Å². The van der Waals surface area contributed by atoms with Crippen LogP contribution >= 0.6 is 22.9 Å². The van der Waals surface area contributed by atoms with Gasteiger partial charge in [0.2, 0.25) is 0 Å². The van der Waals surface area contributed by atoms with Crippen LogP contribution in [0.1, 0.15) is 21.6 Å². The van der Waals surface area contributed by atoms with Crippen LogP contribution in [0, 0.1) is 0 Å². The van der Waals surface area contributed by atoms with Gasteiger partial charge in [-0.1, -0.05) is 23.7 Å². The van der Waals surface area contributed by atoms with Crippen molar-refractivity contribution in [2.45, 2.75) is 13.2 Å². The van der Waals surface area contributed by atoms with Gasteiger partial charge >= 0.3 is 0 Å². The molecule has 0 saturated carbocycles. The Morgan fingerprint density at radius 2 is 1.70 bits per heavy atom. The van der Waals surface area contributed by atoms with Crippen LogP contribution in [0.2, 0.25) is 5.02 Å². The van der Waals surface area contributed by atoms with E-state index in [1.807, 2.05) is 60.7 Å². The van der Waals surface area contributed by atoms with E-state index in [1.165, 1.54) is 11.3 Å². The summed E-state index contributed by atoms with van der Waals surface area (Å²) in [5, 5.41) is 6.13. The Bertz CT molecular complexity index is 1110. The summed E-state index contributed by atoms with van der Waals surface area (Å²) in [6, 6.07) is 19.0. The molecule has 0 spiro atoms. The lowest BCUT2D eigenvalue weighted by Crippen LogP contribution is -2.23. The Kier molecular flexibility index (Phi) is 6.37. The summed E-state index contributed by atoms with van der Waals surface area (Å²) < 4.78 is 5.81. The smallest absolute Gasteiger partial charge is 0.271 e. The number of carbonyl (C=O) groups excluding carboxylic acids is 1. The predicted octanol–water partition coefficient (Wildman–Crippen LogP) is 5.37. The SMILES string of the molecule is O=C(NCc1ccncc1)c1csc(-c2ccc(OCc3ccc(Cl)cc3)cc2)n1. The number of hydrogen-bond acceptors (Lipinski definition) is 5. The minimum absolute atomic E-state index is 0.197. The van der Waals surface area contributed by atoms with Crippen LogP contribution in [0.4, 0.5) is 0 Å². The van der Waals surface area contributed by atoms with Gasteiger partial charge in [0, 0.05) is 34.9 Å². The van der Waals surface area contributed by atoms with Gasteiger partial charge in [-0.05, 0) is 59.7 Å². The van der Waals surface area contributed by atoms with E-state index in [1.54, 1.807) is 17.8 Å². The quantitative estimate of drug-likeness (QED) is 0.424. The fourth-order valence-electron chi connectivity index (χ4n) is 2.73. The summed E-state index contributed by atoms with van der Waals surface area (Å²) in [7, 11) is 0. The van der Waals surface area contributed by atoms with Gasteiger partial charge in [0.05, 0.1) is 0 Å². The fraction of sp³-hybridized carbons (Fsp3) is 0.0870. The highest BCUT2D eigenvalue weighted by molar-refractivity contribution is 7.13. The summed E-state index contributed by atoms with van der Waals surface area (Å²) in [5.74, 6) is 0.567. The van der Waals surface area contributed by atoms with E-state index >= 15 is 0 Å². The molecule has 0 aliphatic carbocycles. The van der Waals surface area contributed by atoms with Crippen LogP contribution in [0.5, 0.6) is 5.75 Å². The largest absolute Gasteiger partial charge is 0.489 e. The van der Waals surface area contributed by atoms with Gasteiger partial charge in [-0.15, -0.1) is 11.3 Å². The zero-order chi connectivity index (χ0) is 20.8. The van der Waals surface area contributed by atoms with Crippen molar-refractivity contribution < 1.29 is 9.53 Å². The van der Waals surface area contributed by atoms with Gasteiger partial charge in [-0.2, -0.15) is 0 Å². The highest BCUT2D eigenvalue weighted by atomic mass is 35.5. The Labute approximate surface area is 183 Å². The second-order valence-electron chi connectivity index (χ2n) is 6.52. The Hall–Kier alpha value is -3.22. The standard InChI is InChI=1S/C23H18ClN3O2S/c24-19-5-1-17(2-6-19)14-29-20-7-3-18(4-8-20)23-27-21(15-30-23)22(28)26-13-16-9-11-25-12-10-16/h1-12,15H,13-14H2,(H,26,28). The van der Waals surface area contributed by atoms with Crippen molar-refractivity contribution in [3.8, 4) is 16.3 Å². The van der Waals surface area contributed by atoms with Crippen LogP contribution in [-0.4, -0.2) is 15.9 Å². The molecule has 7 heteroatoms. The molecule has 0 atom stereocenters. The first-order valence-corrected chi connectivity index (χ1v) is 10.5. The highest BCUT2D eigenvalue weighted by Gasteiger charge is 2.12. The van der Waals surface area contributed by atoms with E-state index in [0.29, 0.717) is 23.9 Å². The van der Waals surface area contributed by atoms with Crippen molar-refractivity contribution in [1.29, 1.82) is 0 Å². The molecule has 150 valence electrons. The summed E-state index contributed by atoms with van der Waals surface area (Å²) >= 11 is 7.33. The van der Waals surface area contributed by atoms with E-state index < -0.39 is 0 Å². The molecule has 0 aliphatic rings. The molecule has 30 heavy (non-hydrogen) atoms. The van der Waals surface area contributed by atoms with Gasteiger partial charge in [0.25, 0.3) is 5.91 Å². The van der Waals surface area contributed by atoms with Gasteiger partial charge in [-0.3, -0.25) is 9.78 Å². The lowest BCUT2D eigenvalue weighted by Gasteiger charge is -2.07. The molecule has 0 bridgehead atoms. The van der Waals surface area contributed by atoms with E-state index in [9.17, 15) is 4.79 Å². The maximum atomic E-state index is 12.3. The number of benzene rings is 2. The number of hydrogen-bond donors (Lipinski definition) is 1. The fourth-order valence-corrected chi connectivity index (χ4v) is 3.66. The van der Waals surface area contributed by atoms with E-state index in [4.69, 9.17) is 16.3 Å². The van der Waals surface area contributed by atoms with Crippen molar-refractivity contribution in [2.75, 3.05) is 0 Å². The molecule has 0 unspecified atom stereocenters. The van der Waals surface area contributed by atoms with E-state index in [0.717, 1.165) is 27.4 Å². The monoisotopic (exact) mass is 435 g/mol. The highest BCUT2D eigenvalue weighted by Crippen LogP contribution is 2.26. The molecule has 2 aromatic carbocycles. The van der Waals surface area contributed by atoms with Gasteiger partial charge in [0.1, 0.15) is 23.1 Å². The van der Waals surface area contributed by atoms with Crippen LogP contribution in [-0.2, 0) is 13.2 Å². The number of carbonyl (C=O) groups is 1. The lowest BCUT2D eigenvalue weighted by atomic mass is 10.2. The number of pyridine rings is 1. The first-order chi connectivity index (χ1) is 14.7. The average Bonchev–Trinajstić information content (AvgIpc) is 3.29. The number of thiazole rings is 1. The lowest BCUT2D eigenvalue weighted by molar-refractivity contribution is 0.0946. The second-order valence-corrected chi connectivity index (χ2v) is 7.81. The minimum Gasteiger partial charge on any atom is -0.489 e. The van der Waals surface area contributed by atoms with Gasteiger partial charge in [-0.25, -0.2) is 4.98 Å². The molecule has 4 rings (SSSR count). The van der Waals surface area contributed by atoms with Crippen LogP contribution in [0.25, 0.3) is 10.6 Å². The number of halogens is 1. The average molecular weight is 436 g/mol. The molecule has 0 saturated heterocycles. The molecular weight excluding hydrogens is 418 g/mol. The normalized spacial score (nSPS) is 10.6. The Morgan fingerprint density at radius 3 is 2.43 bits per heavy atom. The Morgan fingerprint density at radius 1 is 0.967 bits per heavy atom. The third-order valence-electron chi connectivity index (χ3n) is 4.36. The molecule has 1 N–H and O–H groups in total. The molecule has 4 aromatic rings. The van der Waals surface area contributed by atoms with Gasteiger partial charge in [0.15, 0.2) is 0 Å². The molecule has 2 heterocycles. The number of nitrogens with one attached hydrogen (secondary N) is 1. The molecule has 5 nitrogen and oxygen atoms in total. The Balaban J connectivity index is 1.34. The first kappa shape index (κ1) is 20.1. The van der Waals surface area contributed by atoms with Gasteiger partial charge < -0.3 is 10.1 Å².